The molecule has 0 spiro atoms. The van der Waals surface area contributed by atoms with Gasteiger partial charge in [0, 0.05) is 22.6 Å². The van der Waals surface area contributed by atoms with Gasteiger partial charge in [-0.1, -0.05) is 46.3 Å². The monoisotopic (exact) mass is 452 g/mol. The number of ether oxygens (including phenoxy) is 1. The molecular weight excluding hydrogens is 436 g/mol. The van der Waals surface area contributed by atoms with Crippen LogP contribution in [0.2, 0.25) is 0 Å². The number of carbonyl (C=O) groups excluding carboxylic acids is 1. The van der Waals surface area contributed by atoms with Crippen molar-refractivity contribution in [1.82, 2.24) is 5.32 Å². The Bertz CT molecular complexity index is 737. The molecule has 2 aromatic carbocycles. The number of hydrogen-bond donors (Lipinski definition) is 2. The van der Waals surface area contributed by atoms with Crippen molar-refractivity contribution in [3.63, 3.8) is 0 Å². The Morgan fingerprint density at radius 1 is 1.29 bits per heavy atom. The van der Waals surface area contributed by atoms with Crippen molar-refractivity contribution in [2.24, 2.45) is 0 Å². The first kappa shape index (κ1) is 17.5. The average molecular weight is 454 g/mol. The Labute approximate surface area is 158 Å². The molecule has 0 saturated heterocycles. The molecule has 1 unspecified atom stereocenters. The van der Waals surface area contributed by atoms with E-state index in [2.05, 4.69) is 42.5 Å². The van der Waals surface area contributed by atoms with Crippen LogP contribution in [0, 0.1) is 0 Å². The molecule has 0 fully saturated rings. The van der Waals surface area contributed by atoms with Gasteiger partial charge in [-0.2, -0.15) is 0 Å². The summed E-state index contributed by atoms with van der Waals surface area (Å²) in [4.78, 5) is 12.7. The Hall–Kier alpha value is -1.37. The van der Waals surface area contributed by atoms with Gasteiger partial charge in [0.2, 0.25) is 0 Å². The Kier molecular flexibility index (Phi) is 5.58. The quantitative estimate of drug-likeness (QED) is 0.712. The van der Waals surface area contributed by atoms with Gasteiger partial charge in [0.1, 0.15) is 0 Å². The van der Waals surface area contributed by atoms with Crippen LogP contribution in [-0.2, 0) is 9.53 Å². The number of nitrogens with one attached hydrogen (secondary N) is 2. The maximum absolute atomic E-state index is 12.7. The lowest BCUT2D eigenvalue weighted by molar-refractivity contribution is -0.132. The van der Waals surface area contributed by atoms with Crippen LogP contribution in [0.3, 0.4) is 0 Å². The van der Waals surface area contributed by atoms with Crippen LogP contribution in [0.4, 0.5) is 5.69 Å². The van der Waals surface area contributed by atoms with Crippen molar-refractivity contribution in [2.75, 3.05) is 19.0 Å². The molecule has 24 heavy (non-hydrogen) atoms. The molecular formula is C18H18Br2N2O2. The second kappa shape index (κ2) is 7.68. The molecule has 1 aliphatic heterocycles. The van der Waals surface area contributed by atoms with Gasteiger partial charge in [0.15, 0.2) is 6.10 Å². The number of benzene rings is 2. The third kappa shape index (κ3) is 3.66. The predicted molar refractivity (Wildman–Crippen MR) is 102 cm³/mol. The second-order valence-corrected chi connectivity index (χ2v) is 7.42. The van der Waals surface area contributed by atoms with Gasteiger partial charge in [-0.15, -0.1) is 0 Å². The second-order valence-electron chi connectivity index (χ2n) is 5.65. The molecule has 0 radical (unpaired) electrons. The standard InChI is InChI=1S/C18H18Br2N2O2/c1-24-17(11-5-3-2-4-6-11)18(23)22-15-7-8-21-16-13(15)9-12(19)10-14(16)20/h2-6,9-10,15,17,21H,7-8H2,1H3,(H,22,23)/t15?,17-/m0/s1. The highest BCUT2D eigenvalue weighted by atomic mass is 79.9. The van der Waals surface area contributed by atoms with Crippen molar-refractivity contribution in [3.8, 4) is 0 Å². The van der Waals surface area contributed by atoms with E-state index in [-0.39, 0.29) is 11.9 Å². The van der Waals surface area contributed by atoms with E-state index in [1.807, 2.05) is 42.5 Å². The lowest BCUT2D eigenvalue weighted by Gasteiger charge is -2.30. The number of hydrogen-bond acceptors (Lipinski definition) is 3. The van der Waals surface area contributed by atoms with E-state index in [9.17, 15) is 4.79 Å². The molecule has 4 nitrogen and oxygen atoms in total. The summed E-state index contributed by atoms with van der Waals surface area (Å²) in [5, 5.41) is 6.52. The fourth-order valence-corrected chi connectivity index (χ4v) is 4.37. The van der Waals surface area contributed by atoms with Gasteiger partial charge in [0.05, 0.1) is 11.7 Å². The van der Waals surface area contributed by atoms with Crippen LogP contribution in [0.1, 0.15) is 29.7 Å². The summed E-state index contributed by atoms with van der Waals surface area (Å²) in [6.45, 7) is 0.807. The fraction of sp³-hybridized carbons (Fsp3) is 0.278. The molecule has 0 aliphatic carbocycles. The topological polar surface area (TPSA) is 50.4 Å². The van der Waals surface area contributed by atoms with Crippen LogP contribution in [0.15, 0.2) is 51.4 Å². The van der Waals surface area contributed by atoms with Gasteiger partial charge in [-0.05, 0) is 45.6 Å². The van der Waals surface area contributed by atoms with Crippen molar-refractivity contribution in [3.05, 3.63) is 62.5 Å². The minimum absolute atomic E-state index is 0.0519. The van der Waals surface area contributed by atoms with Crippen LogP contribution < -0.4 is 10.6 Å². The number of amides is 1. The Balaban J connectivity index is 1.83. The first-order valence-electron chi connectivity index (χ1n) is 7.71. The van der Waals surface area contributed by atoms with E-state index < -0.39 is 6.10 Å². The van der Waals surface area contributed by atoms with E-state index in [0.717, 1.165) is 38.7 Å². The smallest absolute Gasteiger partial charge is 0.254 e. The number of rotatable bonds is 4. The summed E-state index contributed by atoms with van der Waals surface area (Å²) in [5.41, 5.74) is 2.95. The lowest BCUT2D eigenvalue weighted by Crippen LogP contribution is -2.36. The Morgan fingerprint density at radius 2 is 2.04 bits per heavy atom. The fourth-order valence-electron chi connectivity index (χ4n) is 2.97. The zero-order valence-corrected chi connectivity index (χ0v) is 16.4. The highest BCUT2D eigenvalue weighted by Gasteiger charge is 2.27. The van der Waals surface area contributed by atoms with Crippen molar-refractivity contribution < 1.29 is 9.53 Å². The largest absolute Gasteiger partial charge is 0.384 e. The molecule has 0 aromatic heterocycles. The van der Waals surface area contributed by atoms with Crippen molar-refractivity contribution in [1.29, 1.82) is 0 Å². The average Bonchev–Trinajstić information content (AvgIpc) is 2.57. The molecule has 1 heterocycles. The van der Waals surface area contributed by atoms with Crippen LogP contribution in [-0.4, -0.2) is 19.6 Å². The lowest BCUT2D eigenvalue weighted by atomic mass is 9.97. The van der Waals surface area contributed by atoms with Crippen molar-refractivity contribution >= 4 is 43.5 Å². The maximum Gasteiger partial charge on any atom is 0.254 e. The van der Waals surface area contributed by atoms with Crippen molar-refractivity contribution in [2.45, 2.75) is 18.6 Å². The van der Waals surface area contributed by atoms with Gasteiger partial charge < -0.3 is 15.4 Å². The predicted octanol–water partition coefficient (Wildman–Crippen LogP) is 4.57. The number of anilines is 1. The van der Waals surface area contributed by atoms with E-state index in [1.54, 1.807) is 7.11 Å². The number of fused-ring (bicyclic) bond motifs is 1. The van der Waals surface area contributed by atoms with Gasteiger partial charge >= 0.3 is 0 Å². The summed E-state index contributed by atoms with van der Waals surface area (Å²) in [5.74, 6) is -0.127. The number of carbonyl (C=O) groups is 1. The Morgan fingerprint density at radius 3 is 2.75 bits per heavy atom. The molecule has 1 amide bonds. The van der Waals surface area contributed by atoms with Crippen LogP contribution in [0.25, 0.3) is 0 Å². The summed E-state index contributed by atoms with van der Waals surface area (Å²) >= 11 is 7.10. The first-order valence-corrected chi connectivity index (χ1v) is 9.29. The summed E-state index contributed by atoms with van der Waals surface area (Å²) in [6.07, 6.45) is 0.215. The first-order chi connectivity index (χ1) is 11.6. The van der Waals surface area contributed by atoms with E-state index in [0.29, 0.717) is 0 Å². The molecule has 2 atom stereocenters. The molecule has 2 aromatic rings. The maximum atomic E-state index is 12.7. The third-order valence-electron chi connectivity index (χ3n) is 4.09. The highest BCUT2D eigenvalue weighted by Crippen LogP contribution is 2.38. The van der Waals surface area contributed by atoms with Crippen LogP contribution >= 0.6 is 31.9 Å². The van der Waals surface area contributed by atoms with E-state index >= 15 is 0 Å². The number of methoxy groups -OCH3 is 1. The zero-order chi connectivity index (χ0) is 17.1. The zero-order valence-electron chi connectivity index (χ0n) is 13.2. The van der Waals surface area contributed by atoms with Gasteiger partial charge in [-0.3, -0.25) is 4.79 Å². The minimum Gasteiger partial charge on any atom is -0.384 e. The molecule has 2 N–H and O–H groups in total. The van der Waals surface area contributed by atoms with E-state index in [1.165, 1.54) is 0 Å². The molecule has 1 aliphatic rings. The summed E-state index contributed by atoms with van der Waals surface area (Å²) in [7, 11) is 1.56. The molecule has 0 saturated carbocycles. The minimum atomic E-state index is -0.611. The van der Waals surface area contributed by atoms with Gasteiger partial charge in [-0.25, -0.2) is 0 Å². The molecule has 0 bridgehead atoms. The molecule has 6 heteroatoms. The molecule has 3 rings (SSSR count). The normalized spacial score (nSPS) is 17.5. The van der Waals surface area contributed by atoms with Crippen LogP contribution in [0.5, 0.6) is 0 Å². The van der Waals surface area contributed by atoms with E-state index in [4.69, 9.17) is 4.74 Å². The SMILES string of the molecule is CO[C@H](C(=O)NC1CCNc2c(Br)cc(Br)cc21)c1ccccc1. The number of halogens is 2. The highest BCUT2D eigenvalue weighted by molar-refractivity contribution is 9.11. The molecule has 126 valence electrons. The summed E-state index contributed by atoms with van der Waals surface area (Å²) < 4.78 is 7.39. The third-order valence-corrected chi connectivity index (χ3v) is 5.17. The van der Waals surface area contributed by atoms with Gasteiger partial charge in [0.25, 0.3) is 5.91 Å². The summed E-state index contributed by atoms with van der Waals surface area (Å²) in [6, 6.07) is 13.5.